The van der Waals surface area contributed by atoms with Gasteiger partial charge < -0.3 is 9.64 Å². The second kappa shape index (κ2) is 5.33. The molecule has 0 N–H and O–H groups in total. The fourth-order valence-electron chi connectivity index (χ4n) is 2.17. The van der Waals surface area contributed by atoms with Crippen molar-refractivity contribution in [1.82, 2.24) is 9.97 Å². The molecule has 2 atom stereocenters. The lowest BCUT2D eigenvalue weighted by atomic mass is 9.89. The summed E-state index contributed by atoms with van der Waals surface area (Å²) in [4.78, 5) is 21.9. The van der Waals surface area contributed by atoms with E-state index in [4.69, 9.17) is 0 Å². The van der Waals surface area contributed by atoms with Crippen LogP contribution in [-0.2, 0) is 4.74 Å². The number of piperidine rings is 1. The highest BCUT2D eigenvalue weighted by Crippen LogP contribution is 2.25. The fourth-order valence-corrected chi connectivity index (χ4v) is 2.17. The van der Waals surface area contributed by atoms with E-state index >= 15 is 0 Å². The minimum atomic E-state index is -0.449. The van der Waals surface area contributed by atoms with Crippen LogP contribution in [0, 0.1) is 11.8 Å². The summed E-state index contributed by atoms with van der Waals surface area (Å²) in [5.41, 5.74) is 0.250. The summed E-state index contributed by atoms with van der Waals surface area (Å²) in [6.45, 7) is 6.53. The number of nitrogens with zero attached hydrogens (tertiary/aromatic N) is 3. The second-order valence-electron chi connectivity index (χ2n) is 4.94. The summed E-state index contributed by atoms with van der Waals surface area (Å²) in [5, 5.41) is 0. The van der Waals surface area contributed by atoms with Gasteiger partial charge in [0, 0.05) is 13.1 Å². The van der Waals surface area contributed by atoms with Gasteiger partial charge in [0.05, 0.1) is 19.5 Å². The van der Waals surface area contributed by atoms with Crippen LogP contribution in [0.15, 0.2) is 12.4 Å². The lowest BCUT2D eigenvalue weighted by Crippen LogP contribution is -2.38. The van der Waals surface area contributed by atoms with E-state index in [1.807, 2.05) is 0 Å². The van der Waals surface area contributed by atoms with Gasteiger partial charge in [-0.1, -0.05) is 13.8 Å². The molecule has 1 saturated heterocycles. The Bertz CT molecular complexity index is 419. The monoisotopic (exact) mass is 249 g/mol. The lowest BCUT2D eigenvalue weighted by Gasteiger charge is -2.35. The summed E-state index contributed by atoms with van der Waals surface area (Å²) < 4.78 is 4.60. The molecule has 0 aromatic carbocycles. The molecule has 0 bridgehead atoms. The molecule has 0 saturated carbocycles. The van der Waals surface area contributed by atoms with E-state index < -0.39 is 5.97 Å². The van der Waals surface area contributed by atoms with E-state index in [2.05, 4.69) is 33.5 Å². The number of hydrogen-bond acceptors (Lipinski definition) is 5. The van der Waals surface area contributed by atoms with Gasteiger partial charge in [0.15, 0.2) is 5.69 Å². The predicted molar refractivity (Wildman–Crippen MR) is 68.5 cm³/mol. The van der Waals surface area contributed by atoms with Crippen molar-refractivity contribution in [1.29, 1.82) is 0 Å². The van der Waals surface area contributed by atoms with Crippen LogP contribution in [0.5, 0.6) is 0 Å². The largest absolute Gasteiger partial charge is 0.464 e. The van der Waals surface area contributed by atoms with Gasteiger partial charge in [-0.15, -0.1) is 0 Å². The van der Waals surface area contributed by atoms with Crippen LogP contribution in [0.2, 0.25) is 0 Å². The molecule has 5 nitrogen and oxygen atoms in total. The molecule has 2 heterocycles. The van der Waals surface area contributed by atoms with Gasteiger partial charge in [-0.2, -0.15) is 0 Å². The van der Waals surface area contributed by atoms with Crippen molar-refractivity contribution in [2.45, 2.75) is 20.3 Å². The molecule has 0 spiro atoms. The normalized spacial score (nSPS) is 23.8. The summed E-state index contributed by atoms with van der Waals surface area (Å²) in [5.74, 6) is 1.79. The Balaban J connectivity index is 2.08. The van der Waals surface area contributed by atoms with E-state index in [1.54, 1.807) is 6.20 Å². The number of aromatic nitrogens is 2. The van der Waals surface area contributed by atoms with E-state index in [9.17, 15) is 4.79 Å². The van der Waals surface area contributed by atoms with Crippen LogP contribution in [0.3, 0.4) is 0 Å². The van der Waals surface area contributed by atoms with Crippen molar-refractivity contribution in [2.75, 3.05) is 25.1 Å². The molecule has 1 aromatic rings. The molecule has 98 valence electrons. The molecule has 0 radical (unpaired) electrons. The van der Waals surface area contributed by atoms with Crippen molar-refractivity contribution in [3.8, 4) is 0 Å². The minimum Gasteiger partial charge on any atom is -0.464 e. The Hall–Kier alpha value is -1.65. The SMILES string of the molecule is COC(=O)c1cnc(N2CCC(C)C(C)C2)cn1. The smallest absolute Gasteiger partial charge is 0.358 e. The lowest BCUT2D eigenvalue weighted by molar-refractivity contribution is 0.0593. The van der Waals surface area contributed by atoms with Crippen molar-refractivity contribution in [3.05, 3.63) is 18.1 Å². The molecule has 18 heavy (non-hydrogen) atoms. The number of esters is 1. The highest BCUT2D eigenvalue weighted by atomic mass is 16.5. The molecule has 2 rings (SSSR count). The maximum atomic E-state index is 11.3. The van der Waals surface area contributed by atoms with Gasteiger partial charge in [0.2, 0.25) is 0 Å². The van der Waals surface area contributed by atoms with Crippen LogP contribution in [0.4, 0.5) is 5.82 Å². The molecular formula is C13H19N3O2. The standard InChI is InChI=1S/C13H19N3O2/c1-9-4-5-16(8-10(9)2)12-7-14-11(6-15-12)13(17)18-3/h6-7,9-10H,4-5,8H2,1-3H3. The van der Waals surface area contributed by atoms with Gasteiger partial charge >= 0.3 is 5.97 Å². The number of carbonyl (C=O) groups excluding carboxylic acids is 1. The molecule has 1 aromatic heterocycles. The third-order valence-electron chi connectivity index (χ3n) is 3.69. The van der Waals surface area contributed by atoms with Gasteiger partial charge in [-0.25, -0.2) is 14.8 Å². The molecule has 0 aliphatic carbocycles. The van der Waals surface area contributed by atoms with Crippen LogP contribution in [0.25, 0.3) is 0 Å². The zero-order valence-corrected chi connectivity index (χ0v) is 11.1. The Morgan fingerprint density at radius 2 is 2.11 bits per heavy atom. The first-order valence-corrected chi connectivity index (χ1v) is 6.27. The first-order chi connectivity index (χ1) is 8.61. The molecule has 1 aliphatic heterocycles. The average molecular weight is 249 g/mol. The van der Waals surface area contributed by atoms with Crippen LogP contribution >= 0.6 is 0 Å². The number of hydrogen-bond donors (Lipinski definition) is 0. The number of anilines is 1. The van der Waals surface area contributed by atoms with E-state index in [-0.39, 0.29) is 5.69 Å². The molecule has 1 aliphatic rings. The molecule has 5 heteroatoms. The molecule has 2 unspecified atom stereocenters. The summed E-state index contributed by atoms with van der Waals surface area (Å²) >= 11 is 0. The van der Waals surface area contributed by atoms with Crippen LogP contribution in [0.1, 0.15) is 30.8 Å². The quantitative estimate of drug-likeness (QED) is 0.747. The number of methoxy groups -OCH3 is 1. The van der Waals surface area contributed by atoms with Crippen LogP contribution < -0.4 is 4.90 Å². The van der Waals surface area contributed by atoms with E-state index in [1.165, 1.54) is 19.7 Å². The fraction of sp³-hybridized carbons (Fsp3) is 0.615. The first-order valence-electron chi connectivity index (χ1n) is 6.27. The van der Waals surface area contributed by atoms with Crippen molar-refractivity contribution >= 4 is 11.8 Å². The van der Waals surface area contributed by atoms with Gasteiger partial charge in [0.25, 0.3) is 0 Å². The van der Waals surface area contributed by atoms with Crippen molar-refractivity contribution in [2.24, 2.45) is 11.8 Å². The van der Waals surface area contributed by atoms with Crippen LogP contribution in [-0.4, -0.2) is 36.1 Å². The van der Waals surface area contributed by atoms with E-state index in [0.29, 0.717) is 5.92 Å². The maximum absolute atomic E-state index is 11.3. The maximum Gasteiger partial charge on any atom is 0.358 e. The summed E-state index contributed by atoms with van der Waals surface area (Å²) in [6, 6.07) is 0. The third-order valence-corrected chi connectivity index (χ3v) is 3.69. The summed E-state index contributed by atoms with van der Waals surface area (Å²) in [7, 11) is 1.34. The van der Waals surface area contributed by atoms with Crippen molar-refractivity contribution < 1.29 is 9.53 Å². The van der Waals surface area contributed by atoms with Gasteiger partial charge in [-0.3, -0.25) is 0 Å². The Kier molecular flexibility index (Phi) is 3.79. The number of rotatable bonds is 2. The number of carbonyl (C=O) groups is 1. The molecule has 0 amide bonds. The Labute approximate surface area is 107 Å². The zero-order valence-electron chi connectivity index (χ0n) is 11.1. The van der Waals surface area contributed by atoms with Gasteiger partial charge in [-0.05, 0) is 18.3 Å². The van der Waals surface area contributed by atoms with Crippen molar-refractivity contribution in [3.63, 3.8) is 0 Å². The Morgan fingerprint density at radius 1 is 1.33 bits per heavy atom. The molecule has 1 fully saturated rings. The highest BCUT2D eigenvalue weighted by molar-refractivity contribution is 5.86. The van der Waals surface area contributed by atoms with Gasteiger partial charge in [0.1, 0.15) is 5.82 Å². The predicted octanol–water partition coefficient (Wildman–Crippen LogP) is 1.75. The highest BCUT2D eigenvalue weighted by Gasteiger charge is 2.23. The third kappa shape index (κ3) is 2.60. The number of ether oxygens (including phenoxy) is 1. The Morgan fingerprint density at radius 3 is 2.67 bits per heavy atom. The summed E-state index contributed by atoms with van der Waals surface area (Å²) in [6.07, 6.45) is 4.29. The van der Waals surface area contributed by atoms with E-state index in [0.717, 1.165) is 24.8 Å². The minimum absolute atomic E-state index is 0.250. The second-order valence-corrected chi connectivity index (χ2v) is 4.94. The topological polar surface area (TPSA) is 55.3 Å². The average Bonchev–Trinajstić information content (AvgIpc) is 2.41. The molecular weight excluding hydrogens is 230 g/mol. The first kappa shape index (κ1) is 12.8. The zero-order chi connectivity index (χ0) is 13.1.